The third kappa shape index (κ3) is 4.99. The second-order valence-corrected chi connectivity index (χ2v) is 10.4. The number of amides is 1. The van der Waals surface area contributed by atoms with Crippen LogP contribution in [0.2, 0.25) is 0 Å². The first-order chi connectivity index (χ1) is 15.5. The molecule has 4 nitrogen and oxygen atoms in total. The van der Waals surface area contributed by atoms with E-state index in [9.17, 15) is 27.2 Å². The van der Waals surface area contributed by atoms with Crippen molar-refractivity contribution in [1.82, 2.24) is 4.90 Å². The van der Waals surface area contributed by atoms with Gasteiger partial charge < -0.3 is 5.11 Å². The Labute approximate surface area is 200 Å². The summed E-state index contributed by atoms with van der Waals surface area (Å²) in [6, 6.07) is 4.35. The van der Waals surface area contributed by atoms with E-state index in [2.05, 4.69) is 0 Å². The topological polar surface area (TPSA) is 57.6 Å². The molecule has 0 radical (unpaired) electrons. The number of thiocarbonyl (C=S) groups is 1. The van der Waals surface area contributed by atoms with Gasteiger partial charge in [-0.25, -0.2) is 4.39 Å². The van der Waals surface area contributed by atoms with Crippen LogP contribution in [0.5, 0.6) is 0 Å². The largest absolute Gasteiger partial charge is 0.481 e. The summed E-state index contributed by atoms with van der Waals surface area (Å²) in [5.74, 6) is -2.80. The quantitative estimate of drug-likeness (QED) is 0.289. The smallest absolute Gasteiger partial charge is 0.419 e. The number of hydrogen-bond acceptors (Lipinski definition) is 5. The van der Waals surface area contributed by atoms with Crippen LogP contribution < -0.4 is 0 Å². The van der Waals surface area contributed by atoms with Gasteiger partial charge >= 0.3 is 12.1 Å². The van der Waals surface area contributed by atoms with Gasteiger partial charge in [0.25, 0.3) is 5.91 Å². The highest BCUT2D eigenvalue weighted by molar-refractivity contribution is 8.26. The second-order valence-electron chi connectivity index (χ2n) is 7.83. The van der Waals surface area contributed by atoms with E-state index in [1.54, 1.807) is 22.4 Å². The molecule has 2 heterocycles. The number of carboxylic acids is 1. The van der Waals surface area contributed by atoms with Gasteiger partial charge in [-0.05, 0) is 66.5 Å². The standard InChI is InChI=1S/C22H17F4NO3S3/c23-17-6-3-12(8-16(17)22(24,25)26)13-7-15(32-10-13)9-18-19(28)27(21(31)33-18)14-4-1-11(2-5-14)20(29)30/h3,6-11,14H,1-2,4-5H2,(H,29,30). The molecule has 1 aromatic heterocycles. The Balaban J connectivity index is 1.52. The molecule has 1 saturated heterocycles. The number of carbonyl (C=O) groups excluding carboxylic acids is 1. The molecule has 0 spiro atoms. The summed E-state index contributed by atoms with van der Waals surface area (Å²) < 4.78 is 53.0. The Morgan fingerprint density at radius 1 is 1.15 bits per heavy atom. The first-order valence-corrected chi connectivity index (χ1v) is 12.1. The predicted molar refractivity (Wildman–Crippen MR) is 123 cm³/mol. The van der Waals surface area contributed by atoms with E-state index >= 15 is 0 Å². The SMILES string of the molecule is O=C(O)C1CCC(N2C(=O)C(=Cc3cc(-c4ccc(F)c(C(F)(F)F)c4)cs3)SC2=S)CC1. The van der Waals surface area contributed by atoms with E-state index in [1.165, 1.54) is 17.4 Å². The molecule has 1 N–H and O–H groups in total. The highest BCUT2D eigenvalue weighted by atomic mass is 32.2. The summed E-state index contributed by atoms with van der Waals surface area (Å²) >= 11 is 7.79. The minimum Gasteiger partial charge on any atom is -0.481 e. The van der Waals surface area contributed by atoms with E-state index in [0.717, 1.165) is 23.9 Å². The van der Waals surface area contributed by atoms with Crippen molar-refractivity contribution >= 4 is 57.6 Å². The summed E-state index contributed by atoms with van der Waals surface area (Å²) in [5.41, 5.74) is -0.618. The highest BCUT2D eigenvalue weighted by Crippen LogP contribution is 2.40. The van der Waals surface area contributed by atoms with Gasteiger partial charge in [0, 0.05) is 10.9 Å². The van der Waals surface area contributed by atoms with Gasteiger partial charge in [-0.3, -0.25) is 14.5 Å². The average molecular weight is 516 g/mol. The lowest BCUT2D eigenvalue weighted by molar-refractivity contribution is -0.143. The molecule has 1 saturated carbocycles. The number of nitrogens with zero attached hydrogens (tertiary/aromatic N) is 1. The predicted octanol–water partition coefficient (Wildman–Crippen LogP) is 6.42. The zero-order valence-electron chi connectivity index (χ0n) is 16.9. The molecule has 1 aromatic carbocycles. The highest BCUT2D eigenvalue weighted by Gasteiger charge is 2.39. The van der Waals surface area contributed by atoms with Gasteiger partial charge in [0.05, 0.1) is 16.4 Å². The third-order valence-corrected chi connectivity index (χ3v) is 7.94. The molecule has 1 aliphatic heterocycles. The van der Waals surface area contributed by atoms with Crippen molar-refractivity contribution < 1.29 is 32.3 Å². The monoisotopic (exact) mass is 515 g/mol. The summed E-state index contributed by atoms with van der Waals surface area (Å²) in [6.45, 7) is 0. The Morgan fingerprint density at radius 2 is 1.85 bits per heavy atom. The van der Waals surface area contributed by atoms with Crippen molar-refractivity contribution in [2.75, 3.05) is 0 Å². The minimum absolute atomic E-state index is 0.141. The fourth-order valence-corrected chi connectivity index (χ4v) is 6.32. The van der Waals surface area contributed by atoms with Crippen molar-refractivity contribution in [1.29, 1.82) is 0 Å². The summed E-state index contributed by atoms with van der Waals surface area (Å²) in [4.78, 5) is 26.7. The first-order valence-electron chi connectivity index (χ1n) is 10.00. The second kappa shape index (κ2) is 9.19. The summed E-state index contributed by atoms with van der Waals surface area (Å²) in [7, 11) is 0. The lowest BCUT2D eigenvalue weighted by Gasteiger charge is -2.32. The Bertz CT molecular complexity index is 1150. The van der Waals surface area contributed by atoms with Gasteiger partial charge in [0.2, 0.25) is 0 Å². The van der Waals surface area contributed by atoms with Gasteiger partial charge in [-0.1, -0.05) is 30.0 Å². The molecule has 33 heavy (non-hydrogen) atoms. The van der Waals surface area contributed by atoms with E-state index in [4.69, 9.17) is 17.3 Å². The van der Waals surface area contributed by atoms with E-state index in [1.807, 2.05) is 0 Å². The maximum Gasteiger partial charge on any atom is 0.419 e. The van der Waals surface area contributed by atoms with Crippen molar-refractivity contribution in [3.63, 3.8) is 0 Å². The number of alkyl halides is 3. The number of carbonyl (C=O) groups is 2. The van der Waals surface area contributed by atoms with E-state index in [0.29, 0.717) is 45.3 Å². The number of rotatable bonds is 4. The van der Waals surface area contributed by atoms with E-state index in [-0.39, 0.29) is 17.5 Å². The molecular weight excluding hydrogens is 498 g/mol. The third-order valence-electron chi connectivity index (χ3n) is 5.73. The van der Waals surface area contributed by atoms with Crippen LogP contribution in [0.15, 0.2) is 34.6 Å². The Morgan fingerprint density at radius 3 is 2.48 bits per heavy atom. The molecule has 1 amide bonds. The van der Waals surface area contributed by atoms with Crippen LogP contribution in [-0.2, 0) is 15.8 Å². The maximum atomic E-state index is 13.6. The number of benzene rings is 1. The van der Waals surface area contributed by atoms with Gasteiger partial charge in [-0.2, -0.15) is 13.2 Å². The van der Waals surface area contributed by atoms with E-state index < -0.39 is 29.4 Å². The normalized spacial score (nSPS) is 22.9. The van der Waals surface area contributed by atoms with Crippen LogP contribution in [-0.4, -0.2) is 32.2 Å². The lowest BCUT2D eigenvalue weighted by atomic mass is 9.85. The number of aliphatic carboxylic acids is 1. The average Bonchev–Trinajstić information content (AvgIpc) is 3.32. The zero-order valence-corrected chi connectivity index (χ0v) is 19.3. The van der Waals surface area contributed by atoms with Crippen molar-refractivity contribution in [2.24, 2.45) is 5.92 Å². The first kappa shape index (κ1) is 23.9. The molecule has 2 fully saturated rings. The Kier molecular flexibility index (Phi) is 6.66. The molecule has 0 bridgehead atoms. The van der Waals surface area contributed by atoms with Gasteiger partial charge in [-0.15, -0.1) is 11.3 Å². The van der Waals surface area contributed by atoms with Crippen molar-refractivity contribution in [2.45, 2.75) is 37.9 Å². The summed E-state index contributed by atoms with van der Waals surface area (Å²) in [5, 5.41) is 10.8. The van der Waals surface area contributed by atoms with Crippen LogP contribution in [0.25, 0.3) is 17.2 Å². The molecule has 174 valence electrons. The van der Waals surface area contributed by atoms with Gasteiger partial charge in [0.15, 0.2) is 0 Å². The fraction of sp³-hybridized carbons (Fsp3) is 0.318. The number of carboxylic acid groups (broad SMARTS) is 1. The van der Waals surface area contributed by atoms with Gasteiger partial charge in [0.1, 0.15) is 10.1 Å². The fourth-order valence-electron chi connectivity index (χ4n) is 4.01. The molecule has 2 aromatic rings. The summed E-state index contributed by atoms with van der Waals surface area (Å²) in [6.07, 6.45) is -1.05. The number of halogens is 4. The Hall–Kier alpha value is -2.24. The lowest BCUT2D eigenvalue weighted by Crippen LogP contribution is -2.41. The van der Waals surface area contributed by atoms with Crippen LogP contribution in [0.3, 0.4) is 0 Å². The number of hydrogen-bond donors (Lipinski definition) is 1. The number of thioether (sulfide) groups is 1. The van der Waals surface area contributed by atoms with Crippen LogP contribution in [0.1, 0.15) is 36.1 Å². The maximum absolute atomic E-state index is 13.6. The molecule has 4 rings (SSSR count). The molecule has 1 aliphatic carbocycles. The van der Waals surface area contributed by atoms with Crippen LogP contribution in [0.4, 0.5) is 17.6 Å². The molecular formula is C22H17F4NO3S3. The van der Waals surface area contributed by atoms with Crippen LogP contribution >= 0.6 is 35.3 Å². The number of thiophene rings is 1. The molecule has 0 unspecified atom stereocenters. The zero-order chi connectivity index (χ0) is 23.9. The minimum atomic E-state index is -4.80. The molecule has 2 aliphatic rings. The molecule has 0 atom stereocenters. The van der Waals surface area contributed by atoms with Crippen LogP contribution in [0, 0.1) is 11.7 Å². The van der Waals surface area contributed by atoms with Crippen molar-refractivity contribution in [3.8, 4) is 11.1 Å². The molecule has 11 heteroatoms. The van der Waals surface area contributed by atoms with Crippen molar-refractivity contribution in [3.05, 3.63) is 50.8 Å².